The zero-order valence-corrected chi connectivity index (χ0v) is 34.6. The Kier molecular flexibility index (Phi) is 8.62. The fraction of sp³-hybridized carbons (Fsp3) is 0.0169. The molecule has 11 aromatic rings. The Bertz CT molecular complexity index is 3410. The van der Waals surface area contributed by atoms with Gasteiger partial charge in [-0.3, -0.25) is 0 Å². The van der Waals surface area contributed by atoms with Gasteiger partial charge in [0.05, 0.1) is 16.8 Å². The van der Waals surface area contributed by atoms with Crippen molar-refractivity contribution in [1.82, 2.24) is 9.97 Å². The monoisotopic (exact) mass is 806 g/mol. The van der Waals surface area contributed by atoms with Crippen LogP contribution in [0.2, 0.25) is 0 Å². The van der Waals surface area contributed by atoms with Crippen LogP contribution in [0.4, 0.5) is 0 Å². The number of rotatable bonds is 7. The van der Waals surface area contributed by atoms with E-state index in [1.165, 1.54) is 59.1 Å². The summed E-state index contributed by atoms with van der Waals surface area (Å²) in [7, 11) is 0. The predicted octanol–water partition coefficient (Wildman–Crippen LogP) is 15.5. The fourth-order valence-electron chi connectivity index (χ4n) is 9.82. The molecule has 2 heterocycles. The highest BCUT2D eigenvalue weighted by Gasteiger charge is 2.47. The van der Waals surface area contributed by atoms with Crippen LogP contribution in [-0.2, 0) is 5.41 Å². The van der Waals surface area contributed by atoms with E-state index < -0.39 is 5.41 Å². The first kappa shape index (κ1) is 36.2. The molecule has 1 aliphatic rings. The predicted molar refractivity (Wildman–Crippen MR) is 259 cm³/mol. The molecule has 0 bridgehead atoms. The van der Waals surface area contributed by atoms with Crippen LogP contribution in [0.1, 0.15) is 22.3 Å². The van der Waals surface area contributed by atoms with Gasteiger partial charge in [-0.1, -0.05) is 188 Å². The molecule has 3 heteroatoms. The number of nitrogens with zero attached hydrogens (tertiary/aromatic N) is 2. The van der Waals surface area contributed by atoms with Crippen LogP contribution in [0.15, 0.2) is 231 Å². The molecule has 2 aromatic heterocycles. The smallest absolute Gasteiger partial charge is 0.160 e. The molecule has 0 N–H and O–H groups in total. The van der Waals surface area contributed by atoms with Gasteiger partial charge in [0, 0.05) is 36.9 Å². The van der Waals surface area contributed by atoms with Gasteiger partial charge in [0.2, 0.25) is 0 Å². The largest absolute Gasteiger partial charge is 0.228 e. The third-order valence-electron chi connectivity index (χ3n) is 12.6. The molecule has 0 atom stereocenters. The standard InChI is InChI=1S/C59H38N2S/c1-5-18-39(19-6-1)42-34-43(47-28-17-29-50-48-26-13-15-30-52(48)59(57(47)50,45-22-9-3-10-23-45)46-24-11-4-12-25-46)36-44(35-42)54-38-53(60-58(61-54)40-20-7-2-8-21-40)41-32-33-56-51(37-41)49-27-14-16-31-55(49)62-56/h1-38H. The van der Waals surface area contributed by atoms with E-state index >= 15 is 0 Å². The van der Waals surface area contributed by atoms with Gasteiger partial charge in [0.25, 0.3) is 0 Å². The maximum absolute atomic E-state index is 5.39. The zero-order chi connectivity index (χ0) is 41.0. The van der Waals surface area contributed by atoms with Crippen molar-refractivity contribution in [2.45, 2.75) is 5.41 Å². The van der Waals surface area contributed by atoms with Crippen molar-refractivity contribution in [3.05, 3.63) is 253 Å². The summed E-state index contributed by atoms with van der Waals surface area (Å²) in [4.78, 5) is 10.7. The van der Waals surface area contributed by atoms with Crippen molar-refractivity contribution in [1.29, 1.82) is 0 Å². The molecule has 2 nitrogen and oxygen atoms in total. The van der Waals surface area contributed by atoms with Crippen molar-refractivity contribution in [2.24, 2.45) is 0 Å². The van der Waals surface area contributed by atoms with Gasteiger partial charge < -0.3 is 0 Å². The number of hydrogen-bond acceptors (Lipinski definition) is 3. The van der Waals surface area contributed by atoms with E-state index in [2.05, 4.69) is 224 Å². The van der Waals surface area contributed by atoms with Gasteiger partial charge in [-0.25, -0.2) is 9.97 Å². The Morgan fingerprint density at radius 1 is 0.323 bits per heavy atom. The van der Waals surface area contributed by atoms with Crippen LogP contribution in [0.25, 0.3) is 87.5 Å². The first-order chi connectivity index (χ1) is 30.7. The molecule has 0 aliphatic heterocycles. The maximum atomic E-state index is 5.39. The van der Waals surface area contributed by atoms with Gasteiger partial charge in [-0.2, -0.15) is 0 Å². The lowest BCUT2D eigenvalue weighted by Crippen LogP contribution is -2.29. The summed E-state index contributed by atoms with van der Waals surface area (Å²) in [6, 6.07) is 83.7. The Hall–Kier alpha value is -7.72. The summed E-state index contributed by atoms with van der Waals surface area (Å²) < 4.78 is 2.56. The summed E-state index contributed by atoms with van der Waals surface area (Å²) in [6.45, 7) is 0. The summed E-state index contributed by atoms with van der Waals surface area (Å²) >= 11 is 1.83. The van der Waals surface area contributed by atoms with Crippen molar-refractivity contribution in [3.8, 4) is 67.3 Å². The Morgan fingerprint density at radius 3 is 1.61 bits per heavy atom. The molecule has 0 fully saturated rings. The van der Waals surface area contributed by atoms with Crippen LogP contribution in [-0.4, -0.2) is 9.97 Å². The second-order valence-electron chi connectivity index (χ2n) is 16.1. The van der Waals surface area contributed by atoms with E-state index in [1.54, 1.807) is 0 Å². The van der Waals surface area contributed by atoms with Crippen molar-refractivity contribution in [3.63, 3.8) is 0 Å². The first-order valence-corrected chi connectivity index (χ1v) is 22.0. The highest BCUT2D eigenvalue weighted by Crippen LogP contribution is 2.59. The van der Waals surface area contributed by atoms with E-state index in [4.69, 9.17) is 9.97 Å². The lowest BCUT2D eigenvalue weighted by atomic mass is 9.66. The molecular weight excluding hydrogens is 769 g/mol. The van der Waals surface area contributed by atoms with Crippen molar-refractivity contribution < 1.29 is 0 Å². The van der Waals surface area contributed by atoms with Gasteiger partial charge >= 0.3 is 0 Å². The molecular formula is C59H38N2S. The molecule has 0 radical (unpaired) electrons. The molecule has 0 saturated carbocycles. The molecule has 9 aromatic carbocycles. The minimum absolute atomic E-state index is 0.555. The van der Waals surface area contributed by atoms with E-state index in [-0.39, 0.29) is 0 Å². The molecule has 290 valence electrons. The molecule has 0 amide bonds. The van der Waals surface area contributed by atoms with E-state index in [9.17, 15) is 0 Å². The molecule has 0 spiro atoms. The van der Waals surface area contributed by atoms with Crippen LogP contribution in [0.5, 0.6) is 0 Å². The second kappa shape index (κ2) is 14.8. The van der Waals surface area contributed by atoms with Gasteiger partial charge in [0.15, 0.2) is 5.82 Å². The van der Waals surface area contributed by atoms with Crippen LogP contribution >= 0.6 is 11.3 Å². The minimum atomic E-state index is -0.555. The minimum Gasteiger partial charge on any atom is -0.228 e. The summed E-state index contributed by atoms with van der Waals surface area (Å²) in [5.74, 6) is 0.697. The van der Waals surface area contributed by atoms with Gasteiger partial charge in [-0.15, -0.1) is 11.3 Å². The quantitative estimate of drug-likeness (QED) is 0.160. The number of thiophene rings is 1. The third-order valence-corrected chi connectivity index (χ3v) is 13.7. The topological polar surface area (TPSA) is 25.8 Å². The van der Waals surface area contributed by atoms with Crippen LogP contribution in [0, 0.1) is 0 Å². The van der Waals surface area contributed by atoms with Crippen LogP contribution < -0.4 is 0 Å². The molecule has 0 saturated heterocycles. The number of benzene rings is 9. The number of hydrogen-bond donors (Lipinski definition) is 0. The first-order valence-electron chi connectivity index (χ1n) is 21.1. The lowest BCUT2D eigenvalue weighted by molar-refractivity contribution is 0.770. The second-order valence-corrected chi connectivity index (χ2v) is 17.1. The van der Waals surface area contributed by atoms with Crippen molar-refractivity contribution >= 4 is 31.5 Å². The fourth-order valence-corrected chi connectivity index (χ4v) is 10.9. The molecule has 12 rings (SSSR count). The average molecular weight is 807 g/mol. The summed E-state index contributed by atoms with van der Waals surface area (Å²) in [5, 5.41) is 2.52. The zero-order valence-electron chi connectivity index (χ0n) is 33.7. The Morgan fingerprint density at radius 2 is 0.871 bits per heavy atom. The SMILES string of the molecule is c1ccc(-c2cc(-c3cc(-c4ccc5sc6ccccc6c5c4)nc(-c4ccccc4)n3)cc(-c3cccc4c3C(c3ccccc3)(c3ccccc3)c3ccccc3-4)c2)cc1. The maximum Gasteiger partial charge on any atom is 0.160 e. The Labute approximate surface area is 365 Å². The highest BCUT2D eigenvalue weighted by atomic mass is 32.1. The average Bonchev–Trinajstić information content (AvgIpc) is 3.88. The summed E-state index contributed by atoms with van der Waals surface area (Å²) in [5.41, 5.74) is 16.5. The van der Waals surface area contributed by atoms with Gasteiger partial charge in [0.1, 0.15) is 0 Å². The number of fused-ring (bicyclic) bond motifs is 6. The number of aromatic nitrogens is 2. The third kappa shape index (κ3) is 5.85. The molecule has 0 unspecified atom stereocenters. The van der Waals surface area contributed by atoms with Crippen LogP contribution in [0.3, 0.4) is 0 Å². The van der Waals surface area contributed by atoms with Crippen molar-refractivity contribution in [2.75, 3.05) is 0 Å². The molecule has 1 aliphatic carbocycles. The van der Waals surface area contributed by atoms with E-state index in [1.807, 2.05) is 17.4 Å². The van der Waals surface area contributed by atoms with Gasteiger partial charge in [-0.05, 0) is 98.1 Å². The summed E-state index contributed by atoms with van der Waals surface area (Å²) in [6.07, 6.45) is 0. The van der Waals surface area contributed by atoms with E-state index in [0.29, 0.717) is 5.82 Å². The Balaban J connectivity index is 1.13. The highest BCUT2D eigenvalue weighted by molar-refractivity contribution is 7.25. The van der Waals surface area contributed by atoms with E-state index in [0.717, 1.165) is 44.8 Å². The lowest BCUT2D eigenvalue weighted by Gasteiger charge is -2.35. The molecule has 62 heavy (non-hydrogen) atoms. The normalized spacial score (nSPS) is 12.6.